The van der Waals surface area contributed by atoms with Crippen molar-refractivity contribution in [1.29, 1.82) is 0 Å². The number of ether oxygens (including phenoxy) is 3. The molecule has 0 unspecified atom stereocenters. The molecule has 0 saturated heterocycles. The summed E-state index contributed by atoms with van der Waals surface area (Å²) < 4.78 is 46.1. The number of nitrogens with zero attached hydrogens (tertiary/aromatic N) is 3. The fourth-order valence-electron chi connectivity index (χ4n) is 4.54. The smallest absolute Gasteiger partial charge is 0.247 e. The van der Waals surface area contributed by atoms with Gasteiger partial charge in [0.1, 0.15) is 16.7 Å². The second-order valence-corrected chi connectivity index (χ2v) is 12.2. The summed E-state index contributed by atoms with van der Waals surface area (Å²) in [6.45, 7) is 5.69. The van der Waals surface area contributed by atoms with Crippen LogP contribution in [-0.4, -0.2) is 94.0 Å². The molecule has 0 aliphatic carbocycles. The van der Waals surface area contributed by atoms with Gasteiger partial charge in [0.2, 0.25) is 16.8 Å². The molecule has 206 valence electrons. The van der Waals surface area contributed by atoms with E-state index in [2.05, 4.69) is 16.7 Å². The van der Waals surface area contributed by atoms with Gasteiger partial charge >= 0.3 is 0 Å². The van der Waals surface area contributed by atoms with Crippen molar-refractivity contribution in [3.63, 3.8) is 0 Å². The fraction of sp³-hybridized carbons (Fsp3) is 0.500. The number of aliphatic hydroxyl groups excluding tert-OH is 1. The van der Waals surface area contributed by atoms with Gasteiger partial charge in [-0.3, -0.25) is 9.80 Å². The first kappa shape index (κ1) is 28.2. The Hall–Kier alpha value is -2.81. The van der Waals surface area contributed by atoms with Gasteiger partial charge in [-0.1, -0.05) is 24.8 Å². The van der Waals surface area contributed by atoms with Gasteiger partial charge in [-0.15, -0.1) is 0 Å². The first-order valence-electron chi connectivity index (χ1n) is 12.7. The number of hydrogen-bond donors (Lipinski definition) is 1. The zero-order valence-electron chi connectivity index (χ0n) is 22.7. The maximum atomic E-state index is 13.7. The molecule has 10 heteroatoms. The first-order valence-corrected chi connectivity index (χ1v) is 14.2. The van der Waals surface area contributed by atoms with E-state index in [1.807, 2.05) is 51.2 Å². The minimum Gasteiger partial charge on any atom is -0.487 e. The van der Waals surface area contributed by atoms with Gasteiger partial charge in [0, 0.05) is 37.2 Å². The van der Waals surface area contributed by atoms with E-state index in [1.54, 1.807) is 25.1 Å². The van der Waals surface area contributed by atoms with Gasteiger partial charge in [0.25, 0.3) is 0 Å². The molecule has 9 nitrogen and oxygen atoms in total. The first-order chi connectivity index (χ1) is 18.1. The molecule has 0 saturated carbocycles. The fourth-order valence-corrected chi connectivity index (χ4v) is 6.37. The highest BCUT2D eigenvalue weighted by Crippen LogP contribution is 2.35. The SMILES string of the molecule is C[C@H](CO)N1C[C@H](C)[C@@H](CN(C)Cc2ccc3c(c2)OCO3)Oc2cc(C#CCN(C)C)ccc2S1(=O)=O. The summed E-state index contributed by atoms with van der Waals surface area (Å²) in [5, 5.41) is 9.86. The molecule has 2 aromatic rings. The number of likely N-dealkylation sites (N-methyl/N-ethyl adjacent to an activating group) is 1. The van der Waals surface area contributed by atoms with Crippen molar-refractivity contribution in [2.75, 3.05) is 54.2 Å². The standard InChI is InChI=1S/C28H37N3O6S/c1-20-15-31(21(2)18-32)38(33,34)28-11-9-22(7-6-12-29(3)4)13-26(28)37-27(20)17-30(5)16-23-8-10-24-25(14-23)36-19-35-24/h8-11,13-14,20-21,27,32H,12,15-19H2,1-5H3/t20-,21+,27+/m0/s1. The third kappa shape index (κ3) is 6.42. The maximum Gasteiger partial charge on any atom is 0.247 e. The van der Waals surface area contributed by atoms with E-state index in [0.717, 1.165) is 17.1 Å². The Labute approximate surface area is 225 Å². The summed E-state index contributed by atoms with van der Waals surface area (Å²) in [7, 11) is 1.99. The average molecular weight is 544 g/mol. The maximum absolute atomic E-state index is 13.7. The van der Waals surface area contributed by atoms with E-state index >= 15 is 0 Å². The van der Waals surface area contributed by atoms with Gasteiger partial charge < -0.3 is 19.3 Å². The van der Waals surface area contributed by atoms with Gasteiger partial charge in [-0.05, 0) is 64.0 Å². The summed E-state index contributed by atoms with van der Waals surface area (Å²) in [4.78, 5) is 4.20. The highest BCUT2D eigenvalue weighted by atomic mass is 32.2. The Balaban J connectivity index is 1.63. The van der Waals surface area contributed by atoms with E-state index in [4.69, 9.17) is 14.2 Å². The Morgan fingerprint density at radius 2 is 1.87 bits per heavy atom. The Bertz CT molecular complexity index is 1300. The zero-order valence-corrected chi connectivity index (χ0v) is 23.5. The van der Waals surface area contributed by atoms with E-state index in [9.17, 15) is 13.5 Å². The molecule has 2 aliphatic heterocycles. The van der Waals surface area contributed by atoms with E-state index in [-0.39, 0.29) is 42.6 Å². The topological polar surface area (TPSA) is 91.8 Å². The van der Waals surface area contributed by atoms with Gasteiger partial charge in [-0.25, -0.2) is 8.42 Å². The van der Waals surface area contributed by atoms with Crippen molar-refractivity contribution < 1.29 is 27.7 Å². The Morgan fingerprint density at radius 3 is 2.61 bits per heavy atom. The third-order valence-electron chi connectivity index (χ3n) is 6.68. The van der Waals surface area contributed by atoms with Crippen LogP contribution in [0.15, 0.2) is 41.3 Å². The summed E-state index contributed by atoms with van der Waals surface area (Å²) in [6, 6.07) is 10.3. The molecule has 0 amide bonds. The average Bonchev–Trinajstić information content (AvgIpc) is 3.33. The van der Waals surface area contributed by atoms with Crippen molar-refractivity contribution in [2.24, 2.45) is 5.92 Å². The number of hydrogen-bond acceptors (Lipinski definition) is 8. The minimum absolute atomic E-state index is 0.0892. The van der Waals surface area contributed by atoms with Gasteiger partial charge in [0.05, 0.1) is 13.2 Å². The monoisotopic (exact) mass is 543 g/mol. The quantitative estimate of drug-likeness (QED) is 0.532. The van der Waals surface area contributed by atoms with Crippen molar-refractivity contribution in [2.45, 2.75) is 37.4 Å². The van der Waals surface area contributed by atoms with Crippen molar-refractivity contribution in [3.05, 3.63) is 47.5 Å². The Kier molecular flexibility index (Phi) is 8.85. The van der Waals surface area contributed by atoms with Crippen molar-refractivity contribution in [3.8, 4) is 29.1 Å². The predicted octanol–water partition coefficient (Wildman–Crippen LogP) is 2.23. The van der Waals surface area contributed by atoms with Crippen LogP contribution >= 0.6 is 0 Å². The molecule has 0 bridgehead atoms. The van der Waals surface area contributed by atoms with Crippen LogP contribution in [0.2, 0.25) is 0 Å². The molecule has 0 radical (unpaired) electrons. The lowest BCUT2D eigenvalue weighted by Crippen LogP contribution is -2.49. The van der Waals surface area contributed by atoms with Crippen LogP contribution in [0.1, 0.15) is 25.0 Å². The lowest BCUT2D eigenvalue weighted by molar-refractivity contribution is 0.0733. The molecule has 38 heavy (non-hydrogen) atoms. The lowest BCUT2D eigenvalue weighted by atomic mass is 10.0. The van der Waals surface area contributed by atoms with Crippen LogP contribution in [0.25, 0.3) is 0 Å². The molecule has 0 spiro atoms. The number of fused-ring (bicyclic) bond motifs is 2. The molecule has 1 N–H and O–H groups in total. The van der Waals surface area contributed by atoms with Crippen molar-refractivity contribution >= 4 is 10.0 Å². The predicted molar refractivity (Wildman–Crippen MR) is 145 cm³/mol. The van der Waals surface area contributed by atoms with Crippen LogP contribution in [0.4, 0.5) is 0 Å². The van der Waals surface area contributed by atoms with Crippen LogP contribution in [0.3, 0.4) is 0 Å². The lowest BCUT2D eigenvalue weighted by Gasteiger charge is -2.37. The highest BCUT2D eigenvalue weighted by Gasteiger charge is 2.38. The number of rotatable bonds is 7. The molecular formula is C28H37N3O6S. The van der Waals surface area contributed by atoms with E-state index in [1.165, 1.54) is 4.31 Å². The second-order valence-electron chi connectivity index (χ2n) is 10.3. The van der Waals surface area contributed by atoms with E-state index < -0.39 is 16.1 Å². The third-order valence-corrected chi connectivity index (χ3v) is 8.70. The number of benzene rings is 2. The van der Waals surface area contributed by atoms with Crippen LogP contribution in [0, 0.1) is 17.8 Å². The molecule has 4 rings (SSSR count). The normalized spacial score (nSPS) is 21.2. The highest BCUT2D eigenvalue weighted by molar-refractivity contribution is 7.89. The van der Waals surface area contributed by atoms with Gasteiger partial charge in [0.15, 0.2) is 11.5 Å². The van der Waals surface area contributed by atoms with Crippen LogP contribution < -0.4 is 14.2 Å². The Morgan fingerprint density at radius 1 is 1.11 bits per heavy atom. The number of sulfonamides is 1. The second kappa shape index (κ2) is 11.9. The van der Waals surface area contributed by atoms with Gasteiger partial charge in [-0.2, -0.15) is 4.31 Å². The van der Waals surface area contributed by atoms with Crippen LogP contribution in [-0.2, 0) is 16.6 Å². The summed E-state index contributed by atoms with van der Waals surface area (Å²) in [5.41, 5.74) is 1.76. The summed E-state index contributed by atoms with van der Waals surface area (Å²) >= 11 is 0. The minimum atomic E-state index is -3.89. The molecule has 2 aliphatic rings. The van der Waals surface area contributed by atoms with Crippen molar-refractivity contribution in [1.82, 2.24) is 14.1 Å². The molecular weight excluding hydrogens is 506 g/mol. The van der Waals surface area contributed by atoms with E-state index in [0.29, 0.717) is 25.2 Å². The number of aliphatic hydroxyl groups is 1. The summed E-state index contributed by atoms with van der Waals surface area (Å²) in [6.07, 6.45) is -0.304. The molecule has 0 aromatic heterocycles. The molecule has 0 fully saturated rings. The zero-order chi connectivity index (χ0) is 27.4. The molecule has 2 heterocycles. The molecule has 2 aromatic carbocycles. The largest absolute Gasteiger partial charge is 0.487 e. The van der Waals surface area contributed by atoms with Crippen LogP contribution in [0.5, 0.6) is 17.2 Å². The summed E-state index contributed by atoms with van der Waals surface area (Å²) in [5.74, 6) is 7.81. The molecule has 3 atom stereocenters.